The number of rotatable bonds is 3. The van der Waals surface area contributed by atoms with Crippen molar-refractivity contribution in [2.45, 2.75) is 52.5 Å². The molecule has 2 nitrogen and oxygen atoms in total. The van der Waals surface area contributed by atoms with Crippen LogP contribution in [0.3, 0.4) is 0 Å². The quantitative estimate of drug-likeness (QED) is 0.794. The fourth-order valence-corrected chi connectivity index (χ4v) is 3.26. The number of benzene rings is 1. The summed E-state index contributed by atoms with van der Waals surface area (Å²) in [5.74, 6) is 1.77. The zero-order chi connectivity index (χ0) is 13.8. The van der Waals surface area contributed by atoms with E-state index in [4.69, 9.17) is 0 Å². The van der Waals surface area contributed by atoms with Crippen LogP contribution in [0.4, 0.5) is 5.69 Å². The van der Waals surface area contributed by atoms with Gasteiger partial charge in [0.05, 0.1) is 0 Å². The standard InChI is InChI=1S/C17H25NO/c1-13(2)15-9-11-17(12-10-15)18(14(3)19)16-7-5-4-6-8-16/h4-8,13,15,17H,9-12H2,1-3H3. The van der Waals surface area contributed by atoms with E-state index in [1.54, 1.807) is 6.92 Å². The molecule has 0 atom stereocenters. The highest BCUT2D eigenvalue weighted by Gasteiger charge is 2.29. The van der Waals surface area contributed by atoms with Crippen molar-refractivity contribution in [3.05, 3.63) is 30.3 Å². The lowest BCUT2D eigenvalue weighted by atomic mass is 9.79. The Labute approximate surface area is 116 Å². The van der Waals surface area contributed by atoms with Gasteiger partial charge in [0.15, 0.2) is 0 Å². The van der Waals surface area contributed by atoms with Crippen LogP contribution in [0.2, 0.25) is 0 Å². The number of amides is 1. The van der Waals surface area contributed by atoms with Gasteiger partial charge in [-0.15, -0.1) is 0 Å². The van der Waals surface area contributed by atoms with Crippen molar-refractivity contribution in [2.24, 2.45) is 11.8 Å². The summed E-state index contributed by atoms with van der Waals surface area (Å²) in [6.07, 6.45) is 4.77. The predicted octanol–water partition coefficient (Wildman–Crippen LogP) is 4.25. The SMILES string of the molecule is CC(=O)N(c1ccccc1)C1CCC(C(C)C)CC1. The maximum atomic E-state index is 12.0. The van der Waals surface area contributed by atoms with Crippen molar-refractivity contribution in [3.63, 3.8) is 0 Å². The molecule has 0 aliphatic heterocycles. The van der Waals surface area contributed by atoms with E-state index < -0.39 is 0 Å². The molecule has 1 fully saturated rings. The summed E-state index contributed by atoms with van der Waals surface area (Å²) in [6, 6.07) is 10.5. The van der Waals surface area contributed by atoms with Gasteiger partial charge < -0.3 is 4.90 Å². The molecule has 104 valence electrons. The first-order valence-corrected chi connectivity index (χ1v) is 7.44. The van der Waals surface area contributed by atoms with Gasteiger partial charge in [-0.25, -0.2) is 0 Å². The van der Waals surface area contributed by atoms with Gasteiger partial charge in [0.1, 0.15) is 0 Å². The number of carbonyl (C=O) groups excluding carboxylic acids is 1. The number of para-hydroxylation sites is 1. The second kappa shape index (κ2) is 6.23. The summed E-state index contributed by atoms with van der Waals surface area (Å²) in [5.41, 5.74) is 1.04. The second-order valence-electron chi connectivity index (χ2n) is 6.04. The molecule has 2 heteroatoms. The molecule has 0 heterocycles. The molecule has 1 aliphatic rings. The van der Waals surface area contributed by atoms with Crippen molar-refractivity contribution >= 4 is 11.6 Å². The topological polar surface area (TPSA) is 20.3 Å². The Hall–Kier alpha value is -1.31. The van der Waals surface area contributed by atoms with E-state index in [0.29, 0.717) is 6.04 Å². The van der Waals surface area contributed by atoms with E-state index in [-0.39, 0.29) is 5.91 Å². The molecule has 0 N–H and O–H groups in total. The summed E-state index contributed by atoms with van der Waals surface area (Å²) >= 11 is 0. The van der Waals surface area contributed by atoms with Gasteiger partial charge in [0, 0.05) is 18.7 Å². The molecule has 1 aromatic carbocycles. The highest BCUT2D eigenvalue weighted by Crippen LogP contribution is 2.34. The molecular weight excluding hydrogens is 234 g/mol. The first-order valence-electron chi connectivity index (χ1n) is 7.44. The minimum Gasteiger partial charge on any atom is -0.310 e. The maximum Gasteiger partial charge on any atom is 0.224 e. The Bertz CT molecular complexity index is 405. The summed E-state index contributed by atoms with van der Waals surface area (Å²) < 4.78 is 0. The van der Waals surface area contributed by atoms with Crippen molar-refractivity contribution < 1.29 is 4.79 Å². The molecule has 1 amide bonds. The van der Waals surface area contributed by atoms with Crippen molar-refractivity contribution in [3.8, 4) is 0 Å². The van der Waals surface area contributed by atoms with Crippen LogP contribution in [-0.4, -0.2) is 11.9 Å². The first kappa shape index (κ1) is 14.1. The minimum absolute atomic E-state index is 0.166. The van der Waals surface area contributed by atoms with Gasteiger partial charge in [-0.2, -0.15) is 0 Å². The van der Waals surface area contributed by atoms with Crippen LogP contribution < -0.4 is 4.90 Å². The van der Waals surface area contributed by atoms with Crippen molar-refractivity contribution in [2.75, 3.05) is 4.90 Å². The Morgan fingerprint density at radius 1 is 1.11 bits per heavy atom. The molecule has 2 rings (SSSR count). The van der Waals surface area contributed by atoms with E-state index >= 15 is 0 Å². The third-order valence-electron chi connectivity index (χ3n) is 4.42. The van der Waals surface area contributed by atoms with Crippen LogP contribution in [0.5, 0.6) is 0 Å². The largest absolute Gasteiger partial charge is 0.310 e. The molecule has 1 aromatic rings. The fraction of sp³-hybridized carbons (Fsp3) is 0.588. The van der Waals surface area contributed by atoms with Crippen LogP contribution in [0.25, 0.3) is 0 Å². The van der Waals surface area contributed by atoms with Crippen LogP contribution in [0.15, 0.2) is 30.3 Å². The predicted molar refractivity (Wildman–Crippen MR) is 80.2 cm³/mol. The summed E-state index contributed by atoms with van der Waals surface area (Å²) in [4.78, 5) is 14.0. The number of nitrogens with zero attached hydrogens (tertiary/aromatic N) is 1. The lowest BCUT2D eigenvalue weighted by molar-refractivity contribution is -0.117. The van der Waals surface area contributed by atoms with Gasteiger partial charge in [-0.05, 0) is 49.7 Å². The summed E-state index contributed by atoms with van der Waals surface area (Å²) in [5, 5.41) is 0. The van der Waals surface area contributed by atoms with Crippen LogP contribution >= 0.6 is 0 Å². The van der Waals surface area contributed by atoms with Crippen molar-refractivity contribution in [1.82, 2.24) is 0 Å². The normalized spacial score (nSPS) is 23.4. The third kappa shape index (κ3) is 3.37. The van der Waals surface area contributed by atoms with E-state index in [9.17, 15) is 4.79 Å². The van der Waals surface area contributed by atoms with Gasteiger partial charge in [-0.1, -0.05) is 32.0 Å². The highest BCUT2D eigenvalue weighted by molar-refractivity contribution is 5.92. The molecule has 1 aliphatic carbocycles. The average Bonchev–Trinajstić information content (AvgIpc) is 2.40. The zero-order valence-corrected chi connectivity index (χ0v) is 12.3. The molecular formula is C17H25NO. The highest BCUT2D eigenvalue weighted by atomic mass is 16.2. The first-order chi connectivity index (χ1) is 9.09. The summed E-state index contributed by atoms with van der Waals surface area (Å²) in [7, 11) is 0. The van der Waals surface area contributed by atoms with Gasteiger partial charge in [-0.3, -0.25) is 4.79 Å². The Morgan fingerprint density at radius 2 is 1.68 bits per heavy atom. The number of hydrogen-bond donors (Lipinski definition) is 0. The molecule has 0 spiro atoms. The molecule has 0 unspecified atom stereocenters. The average molecular weight is 259 g/mol. The molecule has 1 saturated carbocycles. The second-order valence-corrected chi connectivity index (χ2v) is 6.04. The van der Waals surface area contributed by atoms with Gasteiger partial charge >= 0.3 is 0 Å². The smallest absolute Gasteiger partial charge is 0.224 e. The minimum atomic E-state index is 0.166. The van der Waals surface area contributed by atoms with E-state index in [1.165, 1.54) is 12.8 Å². The van der Waals surface area contributed by atoms with E-state index in [2.05, 4.69) is 13.8 Å². The molecule has 0 saturated heterocycles. The van der Waals surface area contributed by atoms with Crippen molar-refractivity contribution in [1.29, 1.82) is 0 Å². The van der Waals surface area contributed by atoms with E-state index in [1.807, 2.05) is 35.2 Å². The molecule has 19 heavy (non-hydrogen) atoms. The summed E-state index contributed by atoms with van der Waals surface area (Å²) in [6.45, 7) is 6.30. The Morgan fingerprint density at radius 3 is 2.16 bits per heavy atom. The van der Waals surface area contributed by atoms with Gasteiger partial charge in [0.2, 0.25) is 5.91 Å². The van der Waals surface area contributed by atoms with E-state index in [0.717, 1.165) is 30.4 Å². The molecule has 0 bridgehead atoms. The Kier molecular flexibility index (Phi) is 4.62. The molecule has 0 aromatic heterocycles. The third-order valence-corrected chi connectivity index (χ3v) is 4.42. The fourth-order valence-electron chi connectivity index (χ4n) is 3.26. The lowest BCUT2D eigenvalue weighted by Gasteiger charge is -2.37. The van der Waals surface area contributed by atoms with Gasteiger partial charge in [0.25, 0.3) is 0 Å². The monoisotopic (exact) mass is 259 g/mol. The van der Waals surface area contributed by atoms with Crippen LogP contribution in [0, 0.1) is 11.8 Å². The molecule has 0 radical (unpaired) electrons. The van der Waals surface area contributed by atoms with Crippen LogP contribution in [0.1, 0.15) is 46.5 Å². The maximum absolute atomic E-state index is 12.0. The number of carbonyl (C=O) groups is 1. The van der Waals surface area contributed by atoms with Crippen LogP contribution in [-0.2, 0) is 4.79 Å². The lowest BCUT2D eigenvalue weighted by Crippen LogP contribution is -2.41. The Balaban J connectivity index is 2.08. The number of anilines is 1. The zero-order valence-electron chi connectivity index (χ0n) is 12.3. The number of hydrogen-bond acceptors (Lipinski definition) is 1.